The maximum Gasteiger partial charge on any atom is 0.319 e. The van der Waals surface area contributed by atoms with Crippen molar-refractivity contribution in [3.8, 4) is 0 Å². The molecular weight excluding hydrogens is 237 g/mol. The van der Waals surface area contributed by atoms with Crippen LogP contribution in [0.3, 0.4) is 0 Å². The molecule has 3 amide bonds. The van der Waals surface area contributed by atoms with Gasteiger partial charge in [0, 0.05) is 19.0 Å². The topological polar surface area (TPSA) is 70.2 Å². The van der Waals surface area contributed by atoms with E-state index in [1.165, 1.54) is 12.1 Å². The first-order chi connectivity index (χ1) is 8.65. The van der Waals surface area contributed by atoms with Gasteiger partial charge in [-0.2, -0.15) is 0 Å². The molecule has 1 aromatic carbocycles. The van der Waals surface area contributed by atoms with Gasteiger partial charge in [0.1, 0.15) is 5.82 Å². The Kier molecular flexibility index (Phi) is 3.76. The highest BCUT2D eigenvalue weighted by Gasteiger charge is 2.20. The molecule has 6 heteroatoms. The van der Waals surface area contributed by atoms with Crippen LogP contribution >= 0.6 is 0 Å². The number of benzene rings is 1. The van der Waals surface area contributed by atoms with Crippen LogP contribution in [-0.4, -0.2) is 24.5 Å². The van der Waals surface area contributed by atoms with Crippen molar-refractivity contribution < 1.29 is 14.0 Å². The molecule has 1 saturated heterocycles. The Morgan fingerprint density at radius 3 is 2.89 bits per heavy atom. The van der Waals surface area contributed by atoms with E-state index in [0.29, 0.717) is 19.4 Å². The lowest BCUT2D eigenvalue weighted by atomic mass is 10.2. The average molecular weight is 251 g/mol. The summed E-state index contributed by atoms with van der Waals surface area (Å²) in [7, 11) is 0. The van der Waals surface area contributed by atoms with E-state index in [1.54, 1.807) is 12.1 Å². The normalized spacial score (nSPS) is 18.3. The maximum absolute atomic E-state index is 13.2. The number of anilines is 1. The minimum atomic E-state index is -0.485. The zero-order chi connectivity index (χ0) is 13.0. The lowest BCUT2D eigenvalue weighted by Crippen LogP contribution is -2.40. The molecule has 1 fully saturated rings. The van der Waals surface area contributed by atoms with E-state index < -0.39 is 11.8 Å². The van der Waals surface area contributed by atoms with Gasteiger partial charge in [-0.3, -0.25) is 4.79 Å². The largest absolute Gasteiger partial charge is 0.352 e. The Bertz CT molecular complexity index is 464. The number of urea groups is 1. The van der Waals surface area contributed by atoms with Crippen LogP contribution in [0.4, 0.5) is 14.9 Å². The SMILES string of the molecule is O=C1CCC(CNC(=O)Nc2ccccc2F)N1. The van der Waals surface area contributed by atoms with Crippen molar-refractivity contribution in [1.29, 1.82) is 0 Å². The van der Waals surface area contributed by atoms with Crippen LogP contribution in [0, 0.1) is 5.82 Å². The van der Waals surface area contributed by atoms with E-state index in [0.717, 1.165) is 0 Å². The van der Waals surface area contributed by atoms with Gasteiger partial charge in [0.25, 0.3) is 0 Å². The van der Waals surface area contributed by atoms with E-state index in [2.05, 4.69) is 16.0 Å². The Hall–Kier alpha value is -2.11. The van der Waals surface area contributed by atoms with Crippen molar-refractivity contribution in [2.45, 2.75) is 18.9 Å². The van der Waals surface area contributed by atoms with Gasteiger partial charge in [-0.25, -0.2) is 9.18 Å². The highest BCUT2D eigenvalue weighted by atomic mass is 19.1. The highest BCUT2D eigenvalue weighted by molar-refractivity contribution is 5.89. The summed E-state index contributed by atoms with van der Waals surface area (Å²) in [6.45, 7) is 0.339. The Labute approximate surface area is 104 Å². The third-order valence-electron chi connectivity index (χ3n) is 2.72. The number of para-hydroxylation sites is 1. The molecule has 0 radical (unpaired) electrons. The number of amides is 3. The van der Waals surface area contributed by atoms with Gasteiger partial charge < -0.3 is 16.0 Å². The minimum absolute atomic E-state index is 0.00341. The second kappa shape index (κ2) is 5.48. The van der Waals surface area contributed by atoms with Crippen molar-refractivity contribution >= 4 is 17.6 Å². The smallest absolute Gasteiger partial charge is 0.319 e. The molecule has 0 aliphatic carbocycles. The summed E-state index contributed by atoms with van der Waals surface area (Å²) >= 11 is 0. The van der Waals surface area contributed by atoms with Gasteiger partial charge in [-0.15, -0.1) is 0 Å². The van der Waals surface area contributed by atoms with Crippen LogP contribution in [0.15, 0.2) is 24.3 Å². The van der Waals surface area contributed by atoms with E-state index in [4.69, 9.17) is 0 Å². The predicted molar refractivity (Wildman–Crippen MR) is 64.6 cm³/mol. The van der Waals surface area contributed by atoms with Crippen LogP contribution in [0.5, 0.6) is 0 Å². The zero-order valence-corrected chi connectivity index (χ0v) is 9.70. The molecule has 2 rings (SSSR count). The van der Waals surface area contributed by atoms with Crippen LogP contribution in [0.25, 0.3) is 0 Å². The fourth-order valence-electron chi connectivity index (χ4n) is 1.78. The van der Waals surface area contributed by atoms with Crippen LogP contribution in [-0.2, 0) is 4.79 Å². The molecule has 1 unspecified atom stereocenters. The van der Waals surface area contributed by atoms with E-state index in [1.807, 2.05) is 0 Å². The number of carbonyl (C=O) groups excluding carboxylic acids is 2. The Morgan fingerprint density at radius 1 is 1.44 bits per heavy atom. The van der Waals surface area contributed by atoms with E-state index in [-0.39, 0.29) is 17.6 Å². The Morgan fingerprint density at radius 2 is 2.22 bits per heavy atom. The molecule has 0 bridgehead atoms. The van der Waals surface area contributed by atoms with Gasteiger partial charge in [-0.05, 0) is 18.6 Å². The van der Waals surface area contributed by atoms with Gasteiger partial charge in [-0.1, -0.05) is 12.1 Å². The quantitative estimate of drug-likeness (QED) is 0.756. The highest BCUT2D eigenvalue weighted by Crippen LogP contribution is 2.12. The fraction of sp³-hybridized carbons (Fsp3) is 0.333. The fourth-order valence-corrected chi connectivity index (χ4v) is 1.78. The summed E-state index contributed by atoms with van der Waals surface area (Å²) in [6, 6.07) is 5.41. The number of nitrogens with one attached hydrogen (secondary N) is 3. The first kappa shape index (κ1) is 12.3. The Balaban J connectivity index is 1.79. The molecule has 1 atom stereocenters. The number of hydrogen-bond donors (Lipinski definition) is 3. The lowest BCUT2D eigenvalue weighted by molar-refractivity contribution is -0.119. The minimum Gasteiger partial charge on any atom is -0.352 e. The molecule has 1 heterocycles. The number of halogens is 1. The number of carbonyl (C=O) groups is 2. The van der Waals surface area contributed by atoms with Crippen LogP contribution in [0.1, 0.15) is 12.8 Å². The molecule has 1 aromatic rings. The summed E-state index contributed by atoms with van der Waals surface area (Å²) < 4.78 is 13.2. The van der Waals surface area contributed by atoms with Gasteiger partial charge in [0.2, 0.25) is 5.91 Å². The molecule has 18 heavy (non-hydrogen) atoms. The van der Waals surface area contributed by atoms with Gasteiger partial charge in [0.15, 0.2) is 0 Å². The second-order valence-electron chi connectivity index (χ2n) is 4.12. The summed E-state index contributed by atoms with van der Waals surface area (Å²) in [5.74, 6) is -0.488. The third-order valence-corrected chi connectivity index (χ3v) is 2.72. The molecule has 5 nitrogen and oxygen atoms in total. The van der Waals surface area contributed by atoms with Crippen molar-refractivity contribution in [3.05, 3.63) is 30.1 Å². The molecule has 0 saturated carbocycles. The van der Waals surface area contributed by atoms with Crippen molar-refractivity contribution in [2.24, 2.45) is 0 Å². The monoisotopic (exact) mass is 251 g/mol. The molecule has 0 spiro atoms. The molecule has 96 valence electrons. The summed E-state index contributed by atoms with van der Waals surface area (Å²) in [4.78, 5) is 22.4. The van der Waals surface area contributed by atoms with Crippen LogP contribution < -0.4 is 16.0 Å². The molecule has 1 aliphatic heterocycles. The standard InChI is InChI=1S/C12H14FN3O2/c13-9-3-1-2-4-10(9)16-12(18)14-7-8-5-6-11(17)15-8/h1-4,8H,5-7H2,(H,15,17)(H2,14,16,18). The van der Waals surface area contributed by atoms with Crippen molar-refractivity contribution in [1.82, 2.24) is 10.6 Å². The van der Waals surface area contributed by atoms with Crippen molar-refractivity contribution in [2.75, 3.05) is 11.9 Å². The number of hydrogen-bond acceptors (Lipinski definition) is 2. The maximum atomic E-state index is 13.2. The first-order valence-electron chi connectivity index (χ1n) is 5.74. The third kappa shape index (κ3) is 3.19. The predicted octanol–water partition coefficient (Wildman–Crippen LogP) is 1.23. The molecular formula is C12H14FN3O2. The van der Waals surface area contributed by atoms with Crippen LogP contribution in [0.2, 0.25) is 0 Å². The zero-order valence-electron chi connectivity index (χ0n) is 9.70. The summed E-state index contributed by atoms with van der Waals surface area (Å²) in [5, 5.41) is 7.73. The molecule has 3 N–H and O–H groups in total. The second-order valence-corrected chi connectivity index (χ2v) is 4.12. The number of rotatable bonds is 3. The van der Waals surface area contributed by atoms with E-state index in [9.17, 15) is 14.0 Å². The van der Waals surface area contributed by atoms with Gasteiger partial charge >= 0.3 is 6.03 Å². The summed E-state index contributed by atoms with van der Waals surface area (Å²) in [6.07, 6.45) is 1.19. The summed E-state index contributed by atoms with van der Waals surface area (Å²) in [5.41, 5.74) is 0.130. The van der Waals surface area contributed by atoms with Crippen molar-refractivity contribution in [3.63, 3.8) is 0 Å². The van der Waals surface area contributed by atoms with Gasteiger partial charge in [0.05, 0.1) is 5.69 Å². The lowest BCUT2D eigenvalue weighted by Gasteiger charge is -2.12. The molecule has 0 aromatic heterocycles. The first-order valence-corrected chi connectivity index (χ1v) is 5.74. The average Bonchev–Trinajstić information content (AvgIpc) is 2.76. The molecule has 1 aliphatic rings. The van der Waals surface area contributed by atoms with E-state index >= 15 is 0 Å².